The van der Waals surface area contributed by atoms with E-state index in [0.29, 0.717) is 23.4 Å². The monoisotopic (exact) mass is 324 g/mol. The Morgan fingerprint density at radius 2 is 2.28 bits per heavy atom. The first-order chi connectivity index (χ1) is 8.61. The number of benzene rings is 1. The zero-order chi connectivity index (χ0) is 13.1. The molecule has 0 unspecified atom stereocenters. The Hall–Kier alpha value is -1.25. The number of hydrogen-bond donors (Lipinski definition) is 0. The maximum absolute atomic E-state index is 13.7. The maximum atomic E-state index is 13.7. The second kappa shape index (κ2) is 5.59. The average Bonchev–Trinajstić information content (AvgIpc) is 2.71. The molecule has 1 aromatic carbocycles. The van der Waals surface area contributed by atoms with Gasteiger partial charge in [-0.05, 0) is 31.5 Å². The van der Waals surface area contributed by atoms with Crippen molar-refractivity contribution in [2.75, 3.05) is 0 Å². The van der Waals surface area contributed by atoms with E-state index in [9.17, 15) is 4.39 Å². The first-order valence-electron chi connectivity index (χ1n) is 5.40. The molecule has 92 valence electrons. The zero-order valence-electron chi connectivity index (χ0n) is 9.70. The number of aryl methyl sites for hydroxylation is 2. The molecule has 0 saturated carbocycles. The molecule has 0 aliphatic heterocycles. The van der Waals surface area contributed by atoms with Gasteiger partial charge in [-0.25, -0.2) is 9.37 Å². The van der Waals surface area contributed by atoms with E-state index in [1.54, 1.807) is 12.1 Å². The van der Waals surface area contributed by atoms with E-state index < -0.39 is 0 Å². The second-order valence-corrected chi connectivity index (χ2v) is 5.81. The van der Waals surface area contributed by atoms with Crippen LogP contribution < -0.4 is 0 Å². The van der Waals surface area contributed by atoms with Crippen molar-refractivity contribution in [1.82, 2.24) is 4.98 Å². The summed E-state index contributed by atoms with van der Waals surface area (Å²) in [6.45, 7) is 1.89. The van der Waals surface area contributed by atoms with Crippen molar-refractivity contribution in [3.8, 4) is 16.6 Å². The molecule has 2 aromatic rings. The molecule has 0 aliphatic carbocycles. The molecule has 0 radical (unpaired) electrons. The standard InChI is InChI=1S/C13H10BrFN2S/c1-8-12(3-2-6-16)18-13(17-8)10-7-9(14)4-5-11(10)15/h4-5,7H,2-3H2,1H3. The van der Waals surface area contributed by atoms with Crippen LogP contribution in [0.1, 0.15) is 17.0 Å². The van der Waals surface area contributed by atoms with Gasteiger partial charge < -0.3 is 0 Å². The summed E-state index contributed by atoms with van der Waals surface area (Å²) in [6, 6.07) is 6.92. The van der Waals surface area contributed by atoms with Crippen LogP contribution in [0.2, 0.25) is 0 Å². The normalized spacial score (nSPS) is 10.3. The Bertz CT molecular complexity index is 616. The van der Waals surface area contributed by atoms with E-state index in [1.807, 2.05) is 6.92 Å². The number of rotatable bonds is 3. The summed E-state index contributed by atoms with van der Waals surface area (Å²) in [6.07, 6.45) is 1.14. The van der Waals surface area contributed by atoms with Crippen LogP contribution in [0.25, 0.3) is 10.6 Å². The van der Waals surface area contributed by atoms with Crippen LogP contribution in [-0.4, -0.2) is 4.98 Å². The summed E-state index contributed by atoms with van der Waals surface area (Å²) in [5.74, 6) is -0.279. The third-order valence-electron chi connectivity index (χ3n) is 2.52. The lowest BCUT2D eigenvalue weighted by molar-refractivity contribution is 0.631. The molecule has 5 heteroatoms. The van der Waals surface area contributed by atoms with Crippen LogP contribution in [0.3, 0.4) is 0 Å². The molecule has 2 rings (SSSR count). The summed E-state index contributed by atoms with van der Waals surface area (Å²) in [5.41, 5.74) is 1.38. The maximum Gasteiger partial charge on any atom is 0.133 e. The van der Waals surface area contributed by atoms with Gasteiger partial charge in [0.1, 0.15) is 10.8 Å². The smallest absolute Gasteiger partial charge is 0.133 e. The lowest BCUT2D eigenvalue weighted by atomic mass is 10.2. The number of nitrogens with zero attached hydrogens (tertiary/aromatic N) is 2. The first-order valence-corrected chi connectivity index (χ1v) is 7.01. The van der Waals surface area contributed by atoms with Crippen LogP contribution in [0.15, 0.2) is 22.7 Å². The van der Waals surface area contributed by atoms with E-state index in [-0.39, 0.29) is 5.82 Å². The zero-order valence-corrected chi connectivity index (χ0v) is 12.1. The predicted octanol–water partition coefficient (Wildman–Crippen LogP) is 4.48. The highest BCUT2D eigenvalue weighted by Gasteiger charge is 2.13. The lowest BCUT2D eigenvalue weighted by Crippen LogP contribution is -1.84. The Balaban J connectivity index is 2.40. The second-order valence-electron chi connectivity index (χ2n) is 3.81. The van der Waals surface area contributed by atoms with Crippen LogP contribution in [0, 0.1) is 24.1 Å². The highest BCUT2D eigenvalue weighted by molar-refractivity contribution is 9.10. The molecular formula is C13H10BrFN2S. The summed E-state index contributed by atoms with van der Waals surface area (Å²) in [4.78, 5) is 5.43. The number of thiazole rings is 1. The van der Waals surface area contributed by atoms with Gasteiger partial charge in [-0.2, -0.15) is 5.26 Å². The Morgan fingerprint density at radius 1 is 1.50 bits per heavy atom. The first kappa shape index (κ1) is 13.2. The number of aromatic nitrogens is 1. The fourth-order valence-corrected chi connectivity index (χ4v) is 3.05. The number of hydrogen-bond acceptors (Lipinski definition) is 3. The van der Waals surface area contributed by atoms with Crippen LogP contribution in [0.5, 0.6) is 0 Å². The fraction of sp³-hybridized carbons (Fsp3) is 0.231. The minimum Gasteiger partial charge on any atom is -0.241 e. The van der Waals surface area contributed by atoms with Gasteiger partial charge in [0.15, 0.2) is 0 Å². The summed E-state index contributed by atoms with van der Waals surface area (Å²) in [5, 5.41) is 9.26. The van der Waals surface area contributed by atoms with Gasteiger partial charge in [-0.1, -0.05) is 15.9 Å². The van der Waals surface area contributed by atoms with Crippen molar-refractivity contribution in [2.45, 2.75) is 19.8 Å². The van der Waals surface area contributed by atoms with Crippen molar-refractivity contribution in [3.63, 3.8) is 0 Å². The number of halogens is 2. The van der Waals surface area contributed by atoms with Crippen LogP contribution in [-0.2, 0) is 6.42 Å². The Kier molecular flexibility index (Phi) is 4.10. The minimum absolute atomic E-state index is 0.279. The number of nitriles is 1. The predicted molar refractivity (Wildman–Crippen MR) is 73.9 cm³/mol. The fourth-order valence-electron chi connectivity index (χ4n) is 1.61. The molecule has 0 amide bonds. The molecule has 0 saturated heterocycles. The van der Waals surface area contributed by atoms with E-state index >= 15 is 0 Å². The topological polar surface area (TPSA) is 36.7 Å². The minimum atomic E-state index is -0.279. The molecule has 0 aliphatic rings. The quantitative estimate of drug-likeness (QED) is 0.834. The molecule has 0 N–H and O–H groups in total. The SMILES string of the molecule is Cc1nc(-c2cc(Br)ccc2F)sc1CCC#N. The molecule has 0 atom stereocenters. The molecule has 18 heavy (non-hydrogen) atoms. The van der Waals surface area contributed by atoms with Gasteiger partial charge in [0.25, 0.3) is 0 Å². The van der Waals surface area contributed by atoms with Crippen LogP contribution in [0.4, 0.5) is 4.39 Å². The van der Waals surface area contributed by atoms with E-state index in [0.717, 1.165) is 15.0 Å². The molecule has 0 spiro atoms. The van der Waals surface area contributed by atoms with Gasteiger partial charge in [0.05, 0.1) is 11.8 Å². The molecule has 1 aromatic heterocycles. The van der Waals surface area contributed by atoms with Gasteiger partial charge in [0.2, 0.25) is 0 Å². The molecule has 2 nitrogen and oxygen atoms in total. The van der Waals surface area contributed by atoms with Crippen molar-refractivity contribution < 1.29 is 4.39 Å². The highest BCUT2D eigenvalue weighted by atomic mass is 79.9. The molecular weight excluding hydrogens is 315 g/mol. The van der Waals surface area contributed by atoms with Crippen molar-refractivity contribution in [2.24, 2.45) is 0 Å². The molecule has 1 heterocycles. The Morgan fingerprint density at radius 3 is 3.00 bits per heavy atom. The van der Waals surface area contributed by atoms with Crippen molar-refractivity contribution in [1.29, 1.82) is 5.26 Å². The van der Waals surface area contributed by atoms with Crippen LogP contribution >= 0.6 is 27.3 Å². The molecule has 0 fully saturated rings. The summed E-state index contributed by atoms with van der Waals surface area (Å²) < 4.78 is 14.6. The van der Waals surface area contributed by atoms with Gasteiger partial charge in [-0.15, -0.1) is 11.3 Å². The van der Waals surface area contributed by atoms with E-state index in [1.165, 1.54) is 17.4 Å². The largest absolute Gasteiger partial charge is 0.241 e. The van der Waals surface area contributed by atoms with Gasteiger partial charge in [-0.3, -0.25) is 0 Å². The van der Waals surface area contributed by atoms with E-state index in [2.05, 4.69) is 27.0 Å². The van der Waals surface area contributed by atoms with Crippen molar-refractivity contribution in [3.05, 3.63) is 39.1 Å². The molecule has 0 bridgehead atoms. The summed E-state index contributed by atoms with van der Waals surface area (Å²) >= 11 is 4.78. The van der Waals surface area contributed by atoms with Gasteiger partial charge in [0, 0.05) is 21.3 Å². The third kappa shape index (κ3) is 2.77. The highest BCUT2D eigenvalue weighted by Crippen LogP contribution is 2.32. The van der Waals surface area contributed by atoms with Crippen molar-refractivity contribution >= 4 is 27.3 Å². The Labute approximate surface area is 117 Å². The summed E-state index contributed by atoms with van der Waals surface area (Å²) in [7, 11) is 0. The van der Waals surface area contributed by atoms with Gasteiger partial charge >= 0.3 is 0 Å². The lowest BCUT2D eigenvalue weighted by Gasteiger charge is -1.99. The average molecular weight is 325 g/mol. The third-order valence-corrected chi connectivity index (χ3v) is 4.26. The van der Waals surface area contributed by atoms with E-state index in [4.69, 9.17) is 5.26 Å².